The number of imidazole rings is 2. The van der Waals surface area contributed by atoms with Gasteiger partial charge in [-0.25, -0.2) is 14.8 Å². The van der Waals surface area contributed by atoms with Crippen molar-refractivity contribution in [3.63, 3.8) is 0 Å². The summed E-state index contributed by atoms with van der Waals surface area (Å²) in [5.41, 5.74) is 3.48. The van der Waals surface area contributed by atoms with Crippen LogP contribution in [0.25, 0.3) is 40.4 Å². The summed E-state index contributed by atoms with van der Waals surface area (Å²) in [6.45, 7) is 0.386. The molecule has 9 heteroatoms. The maximum Gasteiger partial charge on any atom is 0.413 e. The predicted octanol–water partition coefficient (Wildman–Crippen LogP) is 5.99. The third-order valence-corrected chi connectivity index (χ3v) is 6.32. The highest BCUT2D eigenvalue weighted by Gasteiger charge is 2.33. The molecule has 0 saturated heterocycles. The number of benzene rings is 2. The first-order valence-corrected chi connectivity index (χ1v) is 11.6. The van der Waals surface area contributed by atoms with Crippen molar-refractivity contribution in [2.24, 2.45) is 0 Å². The van der Waals surface area contributed by atoms with Gasteiger partial charge in [0.25, 0.3) is 0 Å². The number of hydrogen-bond acceptors (Lipinski definition) is 3. The molecular formula is C28H20F3N5O. The highest BCUT2D eigenvalue weighted by molar-refractivity contribution is 5.75. The molecule has 1 aliphatic carbocycles. The lowest BCUT2D eigenvalue weighted by molar-refractivity contribution is -0.0919. The molecule has 1 N–H and O–H groups in total. The van der Waals surface area contributed by atoms with E-state index in [9.17, 15) is 18.0 Å². The zero-order valence-electron chi connectivity index (χ0n) is 19.4. The van der Waals surface area contributed by atoms with Gasteiger partial charge in [-0.3, -0.25) is 9.13 Å². The van der Waals surface area contributed by atoms with E-state index in [1.165, 1.54) is 6.08 Å². The average molecular weight is 499 g/mol. The van der Waals surface area contributed by atoms with E-state index in [-0.39, 0.29) is 12.1 Å². The Morgan fingerprint density at radius 3 is 2.51 bits per heavy atom. The second kappa shape index (κ2) is 8.77. The molecule has 0 unspecified atom stereocenters. The SMILES string of the molecule is O=c1n(Cc2ccccc2)c2ncccc2n1-c1ccc(-c2nc3c([nH]2)C=C(C(F)(F)F)CC=C3)cc1. The molecule has 6 nitrogen and oxygen atoms in total. The Labute approximate surface area is 209 Å². The Balaban J connectivity index is 1.38. The zero-order chi connectivity index (χ0) is 25.6. The maximum absolute atomic E-state index is 13.5. The van der Waals surface area contributed by atoms with E-state index in [1.807, 2.05) is 36.4 Å². The summed E-state index contributed by atoms with van der Waals surface area (Å²) in [7, 11) is 0. The lowest BCUT2D eigenvalue weighted by atomic mass is 10.1. The van der Waals surface area contributed by atoms with E-state index in [4.69, 9.17) is 0 Å². The van der Waals surface area contributed by atoms with Crippen LogP contribution in [0, 0.1) is 0 Å². The molecule has 0 saturated carbocycles. The maximum atomic E-state index is 13.5. The molecule has 0 radical (unpaired) electrons. The highest BCUT2D eigenvalue weighted by atomic mass is 19.4. The van der Waals surface area contributed by atoms with Crippen LogP contribution in [0.3, 0.4) is 0 Å². The number of halogens is 3. The summed E-state index contributed by atoms with van der Waals surface area (Å²) in [6.07, 6.45) is 1.22. The van der Waals surface area contributed by atoms with Crippen LogP contribution < -0.4 is 5.69 Å². The molecule has 0 bridgehead atoms. The summed E-state index contributed by atoms with van der Waals surface area (Å²) < 4.78 is 43.0. The molecule has 2 aromatic carbocycles. The normalized spacial score (nSPS) is 13.4. The van der Waals surface area contributed by atoms with Crippen LogP contribution in [-0.2, 0) is 6.54 Å². The number of fused-ring (bicyclic) bond motifs is 2. The van der Waals surface area contributed by atoms with Crippen LogP contribution >= 0.6 is 0 Å². The van der Waals surface area contributed by atoms with E-state index < -0.39 is 11.7 Å². The lowest BCUT2D eigenvalue weighted by Gasteiger charge is -2.08. The van der Waals surface area contributed by atoms with Crippen LogP contribution in [0.5, 0.6) is 0 Å². The molecule has 5 aromatic rings. The molecule has 3 aromatic heterocycles. The van der Waals surface area contributed by atoms with Crippen LogP contribution in [0.1, 0.15) is 23.4 Å². The Hall–Kier alpha value is -4.66. The monoisotopic (exact) mass is 499 g/mol. The van der Waals surface area contributed by atoms with Gasteiger partial charge in [0.05, 0.1) is 29.1 Å². The van der Waals surface area contributed by atoms with Crippen LogP contribution in [0.4, 0.5) is 13.2 Å². The third-order valence-electron chi connectivity index (χ3n) is 6.32. The summed E-state index contributed by atoms with van der Waals surface area (Å²) >= 11 is 0. The van der Waals surface area contributed by atoms with Crippen molar-refractivity contribution < 1.29 is 13.2 Å². The minimum atomic E-state index is -4.40. The first-order valence-electron chi connectivity index (χ1n) is 11.6. The van der Waals surface area contributed by atoms with Gasteiger partial charge in [-0.2, -0.15) is 13.2 Å². The van der Waals surface area contributed by atoms with Gasteiger partial charge in [-0.15, -0.1) is 0 Å². The number of hydrogen-bond donors (Lipinski definition) is 1. The van der Waals surface area contributed by atoms with E-state index >= 15 is 0 Å². The van der Waals surface area contributed by atoms with Gasteiger partial charge in [0, 0.05) is 17.3 Å². The molecular weight excluding hydrogens is 479 g/mol. The van der Waals surface area contributed by atoms with Gasteiger partial charge in [0.1, 0.15) is 5.82 Å². The summed E-state index contributed by atoms with van der Waals surface area (Å²) in [4.78, 5) is 25.4. The first kappa shape index (κ1) is 22.8. The average Bonchev–Trinajstić information content (AvgIpc) is 3.34. The number of nitrogens with one attached hydrogen (secondary N) is 1. The molecule has 0 spiro atoms. The molecule has 0 atom stereocenters. The Morgan fingerprint density at radius 2 is 1.76 bits per heavy atom. The van der Waals surface area contributed by atoms with Crippen molar-refractivity contribution in [2.45, 2.75) is 19.1 Å². The number of aromatic amines is 1. The van der Waals surface area contributed by atoms with E-state index in [2.05, 4.69) is 15.0 Å². The van der Waals surface area contributed by atoms with E-state index in [1.54, 1.807) is 51.7 Å². The van der Waals surface area contributed by atoms with Gasteiger partial charge in [-0.05, 0) is 60.5 Å². The summed E-state index contributed by atoms with van der Waals surface area (Å²) in [5.74, 6) is 0.446. The number of H-pyrrole nitrogens is 1. The minimum Gasteiger partial charge on any atom is -0.338 e. The number of alkyl halides is 3. The van der Waals surface area contributed by atoms with Crippen molar-refractivity contribution in [3.8, 4) is 17.1 Å². The zero-order valence-corrected chi connectivity index (χ0v) is 19.4. The fourth-order valence-corrected chi connectivity index (χ4v) is 4.51. The highest BCUT2D eigenvalue weighted by Crippen LogP contribution is 2.33. The molecule has 184 valence electrons. The Kier molecular flexibility index (Phi) is 5.40. The summed E-state index contributed by atoms with van der Waals surface area (Å²) in [6, 6.07) is 20.5. The van der Waals surface area contributed by atoms with Gasteiger partial charge in [-0.1, -0.05) is 36.4 Å². The number of rotatable bonds is 4. The molecule has 3 heterocycles. The van der Waals surface area contributed by atoms with E-state index in [0.29, 0.717) is 46.2 Å². The standard InChI is InChI=1S/C28H20F3N5O/c29-28(30,31)20-8-4-9-22-23(16-20)34-25(33-22)19-11-13-21(14-12-19)36-24-10-5-15-32-26(24)35(27(36)37)17-18-6-2-1-3-7-18/h1-7,9-16H,8,17H2,(H,33,34). The predicted molar refractivity (Wildman–Crippen MR) is 136 cm³/mol. The second-order valence-electron chi connectivity index (χ2n) is 8.74. The second-order valence-corrected chi connectivity index (χ2v) is 8.74. The van der Waals surface area contributed by atoms with Gasteiger partial charge in [0.15, 0.2) is 5.65 Å². The summed E-state index contributed by atoms with van der Waals surface area (Å²) in [5, 5.41) is 0. The lowest BCUT2D eigenvalue weighted by Crippen LogP contribution is -2.23. The van der Waals surface area contributed by atoms with Gasteiger partial charge < -0.3 is 4.98 Å². The van der Waals surface area contributed by atoms with Crippen molar-refractivity contribution in [3.05, 3.63) is 112 Å². The fourth-order valence-electron chi connectivity index (χ4n) is 4.51. The number of aromatic nitrogens is 5. The van der Waals surface area contributed by atoms with E-state index in [0.717, 1.165) is 11.6 Å². The number of allylic oxidation sites excluding steroid dienone is 2. The Bertz CT molecular complexity index is 1720. The van der Waals surface area contributed by atoms with Crippen LogP contribution in [0.15, 0.2) is 89.4 Å². The molecule has 0 amide bonds. The first-order chi connectivity index (χ1) is 17.9. The largest absolute Gasteiger partial charge is 0.413 e. The number of nitrogens with zero attached hydrogens (tertiary/aromatic N) is 4. The van der Waals surface area contributed by atoms with Crippen molar-refractivity contribution >= 4 is 23.3 Å². The molecule has 1 aliphatic rings. The van der Waals surface area contributed by atoms with Crippen LogP contribution in [0.2, 0.25) is 0 Å². The third kappa shape index (κ3) is 4.18. The van der Waals surface area contributed by atoms with Crippen molar-refractivity contribution in [1.29, 1.82) is 0 Å². The molecule has 0 aliphatic heterocycles. The minimum absolute atomic E-state index is 0.195. The van der Waals surface area contributed by atoms with Crippen molar-refractivity contribution in [1.82, 2.24) is 24.1 Å². The molecule has 37 heavy (non-hydrogen) atoms. The quantitative estimate of drug-likeness (QED) is 0.330. The van der Waals surface area contributed by atoms with Crippen molar-refractivity contribution in [2.75, 3.05) is 0 Å². The Morgan fingerprint density at radius 1 is 0.973 bits per heavy atom. The smallest absolute Gasteiger partial charge is 0.338 e. The van der Waals surface area contributed by atoms with Gasteiger partial charge in [0.2, 0.25) is 0 Å². The topological polar surface area (TPSA) is 68.5 Å². The van der Waals surface area contributed by atoms with Crippen LogP contribution in [-0.4, -0.2) is 30.3 Å². The molecule has 0 fully saturated rings. The van der Waals surface area contributed by atoms with Gasteiger partial charge >= 0.3 is 11.9 Å². The molecule has 6 rings (SSSR count). The fraction of sp³-hybridized carbons (Fsp3) is 0.107. The number of pyridine rings is 1.